The molecule has 0 aromatic heterocycles. The Morgan fingerprint density at radius 1 is 0.717 bits per heavy atom. The number of non-ortho nitro benzene ring substituents is 1. The van der Waals surface area contributed by atoms with Crippen LogP contribution in [0.25, 0.3) is 0 Å². The van der Waals surface area contributed by atoms with Crippen molar-refractivity contribution in [2.75, 3.05) is 13.7 Å². The molecule has 1 saturated heterocycles. The van der Waals surface area contributed by atoms with Crippen LogP contribution in [-0.4, -0.2) is 55.5 Å². The molecule has 5 rings (SSSR count). The summed E-state index contributed by atoms with van der Waals surface area (Å²) >= 11 is 0. The number of rotatable bonds is 14. The number of hydrogen-bond acceptors (Lipinski definition) is 10. The average molecular weight is 630 g/mol. The fraction of sp³-hybridized carbons (Fsp3) is 0.286. The number of nitrogens with zero attached hydrogens (tertiary/aromatic N) is 1. The van der Waals surface area contributed by atoms with Crippen LogP contribution in [0.5, 0.6) is 5.75 Å². The van der Waals surface area contributed by atoms with E-state index in [-0.39, 0.29) is 31.3 Å². The minimum absolute atomic E-state index is 0.0286. The second-order valence-corrected chi connectivity index (χ2v) is 10.5. The molecule has 4 aromatic carbocycles. The van der Waals surface area contributed by atoms with Crippen molar-refractivity contribution >= 4 is 11.8 Å². The molecule has 240 valence electrons. The van der Waals surface area contributed by atoms with Gasteiger partial charge >= 0.3 is 6.16 Å². The molecular weight excluding hydrogens is 594 g/mol. The van der Waals surface area contributed by atoms with Gasteiger partial charge in [0.05, 0.1) is 31.4 Å². The van der Waals surface area contributed by atoms with Gasteiger partial charge in [-0.25, -0.2) is 4.79 Å². The summed E-state index contributed by atoms with van der Waals surface area (Å²) in [7, 11) is 1.50. The van der Waals surface area contributed by atoms with Gasteiger partial charge in [-0.2, -0.15) is 0 Å². The number of hydrogen-bond donors (Lipinski definition) is 0. The highest BCUT2D eigenvalue weighted by atomic mass is 16.8. The van der Waals surface area contributed by atoms with Crippen molar-refractivity contribution < 1.29 is 42.9 Å². The van der Waals surface area contributed by atoms with Crippen LogP contribution in [0.15, 0.2) is 115 Å². The van der Waals surface area contributed by atoms with Gasteiger partial charge in [0.15, 0.2) is 12.4 Å². The number of nitro groups is 1. The van der Waals surface area contributed by atoms with Crippen molar-refractivity contribution in [3.63, 3.8) is 0 Å². The first-order valence-electron chi connectivity index (χ1n) is 14.7. The molecule has 0 unspecified atom stereocenters. The molecule has 1 aliphatic rings. The molecule has 46 heavy (non-hydrogen) atoms. The maximum absolute atomic E-state index is 13.2. The molecule has 5 atom stereocenters. The molecule has 0 N–H and O–H groups in total. The number of carbonyl (C=O) groups is 1. The molecule has 0 aliphatic carbocycles. The van der Waals surface area contributed by atoms with Gasteiger partial charge in [0.2, 0.25) is 0 Å². The largest absolute Gasteiger partial charge is 0.514 e. The fourth-order valence-corrected chi connectivity index (χ4v) is 4.98. The third-order valence-corrected chi connectivity index (χ3v) is 7.27. The van der Waals surface area contributed by atoms with E-state index in [9.17, 15) is 14.9 Å². The van der Waals surface area contributed by atoms with Gasteiger partial charge in [0.25, 0.3) is 5.69 Å². The van der Waals surface area contributed by atoms with Crippen LogP contribution in [0.1, 0.15) is 16.7 Å². The zero-order chi connectivity index (χ0) is 32.1. The molecule has 0 bridgehead atoms. The van der Waals surface area contributed by atoms with Crippen molar-refractivity contribution in [3.8, 4) is 5.75 Å². The smallest absolute Gasteiger partial charge is 0.425 e. The average Bonchev–Trinajstić information content (AvgIpc) is 3.09. The monoisotopic (exact) mass is 629 g/mol. The first-order valence-corrected chi connectivity index (χ1v) is 14.7. The minimum Gasteiger partial charge on any atom is -0.425 e. The van der Waals surface area contributed by atoms with Crippen LogP contribution >= 0.6 is 0 Å². The minimum atomic E-state index is -1.06. The zero-order valence-electron chi connectivity index (χ0n) is 25.2. The number of methoxy groups -OCH3 is 1. The quantitative estimate of drug-likeness (QED) is 0.0685. The standard InChI is InChI=1S/C35H35NO10/c1-40-34-33(43-23-27-15-9-4-10-16-27)32(42-22-26-13-7-3-8-14-26)31(30(45-34)24-41-21-25-11-5-2-6-12-25)46-35(37)44-29-19-17-28(18-20-29)36(38)39/h2-20,30-34H,21-24H2,1H3/t30-,31-,32+,33-,34+/m1/s1. The van der Waals surface area contributed by atoms with Gasteiger partial charge in [-0.05, 0) is 28.8 Å². The number of benzene rings is 4. The van der Waals surface area contributed by atoms with Crippen molar-refractivity contribution in [1.29, 1.82) is 0 Å². The fourth-order valence-electron chi connectivity index (χ4n) is 4.98. The lowest BCUT2D eigenvalue weighted by atomic mass is 9.98. The summed E-state index contributed by atoms with van der Waals surface area (Å²) in [6.45, 7) is 0.722. The Balaban J connectivity index is 1.40. The van der Waals surface area contributed by atoms with Gasteiger partial charge in [-0.1, -0.05) is 91.0 Å². The van der Waals surface area contributed by atoms with E-state index in [2.05, 4.69) is 0 Å². The van der Waals surface area contributed by atoms with E-state index in [4.69, 9.17) is 33.2 Å². The Bertz CT molecular complexity index is 1510. The lowest BCUT2D eigenvalue weighted by Gasteiger charge is -2.44. The molecule has 0 radical (unpaired) electrons. The topological polar surface area (TPSA) is 125 Å². The Morgan fingerprint density at radius 2 is 1.24 bits per heavy atom. The summed E-state index contributed by atoms with van der Waals surface area (Å²) in [6.07, 6.45) is -5.54. The molecule has 1 heterocycles. The highest BCUT2D eigenvalue weighted by molar-refractivity contribution is 5.64. The Kier molecular flexibility index (Phi) is 11.8. The zero-order valence-corrected chi connectivity index (χ0v) is 25.2. The van der Waals surface area contributed by atoms with Crippen LogP contribution in [-0.2, 0) is 48.2 Å². The highest BCUT2D eigenvalue weighted by Gasteiger charge is 2.50. The molecule has 1 aliphatic heterocycles. The van der Waals surface area contributed by atoms with Crippen molar-refractivity contribution in [3.05, 3.63) is 142 Å². The third-order valence-electron chi connectivity index (χ3n) is 7.27. The predicted molar refractivity (Wildman–Crippen MR) is 166 cm³/mol. The summed E-state index contributed by atoms with van der Waals surface area (Å²) in [5, 5.41) is 11.0. The number of nitro benzene ring substituents is 1. The van der Waals surface area contributed by atoms with E-state index in [1.807, 2.05) is 91.0 Å². The summed E-state index contributed by atoms with van der Waals surface area (Å²) in [5.41, 5.74) is 2.63. The predicted octanol–water partition coefficient (Wildman–Crippen LogP) is 6.24. The number of carbonyl (C=O) groups excluding carboxylic acids is 1. The van der Waals surface area contributed by atoms with Crippen LogP contribution in [0, 0.1) is 10.1 Å². The van der Waals surface area contributed by atoms with E-state index >= 15 is 0 Å². The lowest BCUT2D eigenvalue weighted by Crippen LogP contribution is -2.62. The summed E-state index contributed by atoms with van der Waals surface area (Å²) < 4.78 is 42.2. The normalized spacial score (nSPS) is 20.9. The highest BCUT2D eigenvalue weighted by Crippen LogP contribution is 2.31. The molecule has 0 saturated carbocycles. The Hall–Kier alpha value is -4.65. The first kappa shape index (κ1) is 32.7. The van der Waals surface area contributed by atoms with Crippen molar-refractivity contribution in [2.24, 2.45) is 0 Å². The molecule has 0 spiro atoms. The van der Waals surface area contributed by atoms with Gasteiger partial charge in [0, 0.05) is 19.2 Å². The molecule has 1 fully saturated rings. The van der Waals surface area contributed by atoms with E-state index in [1.54, 1.807) is 0 Å². The SMILES string of the molecule is CO[C@H]1O[C@H](COCc2ccccc2)[C@@H](OC(=O)Oc2ccc([N+](=O)[O-])cc2)[C@H](OCc2ccccc2)[C@H]1OCc1ccccc1. The van der Waals surface area contributed by atoms with E-state index in [0.717, 1.165) is 16.7 Å². The Morgan fingerprint density at radius 3 is 1.76 bits per heavy atom. The second kappa shape index (κ2) is 16.6. The number of ether oxygens (including phenoxy) is 7. The Labute approximate surface area is 266 Å². The van der Waals surface area contributed by atoms with Crippen molar-refractivity contribution in [2.45, 2.75) is 50.5 Å². The first-order chi connectivity index (χ1) is 22.5. The van der Waals surface area contributed by atoms with E-state index < -0.39 is 41.8 Å². The maximum atomic E-state index is 13.2. The molecule has 0 amide bonds. The van der Waals surface area contributed by atoms with Gasteiger partial charge in [-0.15, -0.1) is 0 Å². The second-order valence-electron chi connectivity index (χ2n) is 10.5. The van der Waals surface area contributed by atoms with Crippen LogP contribution < -0.4 is 4.74 Å². The summed E-state index contributed by atoms with van der Waals surface area (Å²) in [5.74, 6) is 0.0672. The van der Waals surface area contributed by atoms with Crippen LogP contribution in [0.2, 0.25) is 0 Å². The van der Waals surface area contributed by atoms with Crippen molar-refractivity contribution in [1.82, 2.24) is 0 Å². The maximum Gasteiger partial charge on any atom is 0.514 e. The van der Waals surface area contributed by atoms with Crippen LogP contribution in [0.3, 0.4) is 0 Å². The third kappa shape index (κ3) is 9.19. The summed E-state index contributed by atoms with van der Waals surface area (Å²) in [6, 6.07) is 33.9. The van der Waals surface area contributed by atoms with Gasteiger partial charge in [0.1, 0.15) is 24.1 Å². The lowest BCUT2D eigenvalue weighted by molar-refractivity contribution is -0.384. The van der Waals surface area contributed by atoms with Crippen LogP contribution in [0.4, 0.5) is 10.5 Å². The van der Waals surface area contributed by atoms with E-state index in [1.165, 1.54) is 31.4 Å². The summed E-state index contributed by atoms with van der Waals surface area (Å²) in [4.78, 5) is 23.7. The van der Waals surface area contributed by atoms with E-state index in [0.29, 0.717) is 6.61 Å². The molecule has 4 aromatic rings. The molecule has 11 nitrogen and oxygen atoms in total. The van der Waals surface area contributed by atoms with Gasteiger partial charge < -0.3 is 33.2 Å². The molecule has 11 heteroatoms. The molecular formula is C35H35NO10. The van der Waals surface area contributed by atoms with Gasteiger partial charge in [-0.3, -0.25) is 10.1 Å².